The maximum Gasteiger partial charge on any atom is 0.412 e. The predicted octanol–water partition coefficient (Wildman–Crippen LogP) is 3.06. The van der Waals surface area contributed by atoms with Gasteiger partial charge in [0.25, 0.3) is 0 Å². The van der Waals surface area contributed by atoms with Crippen LogP contribution in [-0.4, -0.2) is 35.1 Å². The van der Waals surface area contributed by atoms with Crippen LogP contribution in [0.15, 0.2) is 48.5 Å². The number of aromatic nitrogens is 2. The van der Waals surface area contributed by atoms with Crippen molar-refractivity contribution < 1.29 is 19.1 Å². The molecule has 1 amide bonds. The summed E-state index contributed by atoms with van der Waals surface area (Å²) in [5.74, 6) is 0.0528. The molecule has 0 fully saturated rings. The first-order valence-corrected chi connectivity index (χ1v) is 8.93. The van der Waals surface area contributed by atoms with Crippen LogP contribution < -0.4 is 10.1 Å². The third-order valence-electron chi connectivity index (χ3n) is 3.63. The molecule has 2 heterocycles. The number of halogens is 1. The van der Waals surface area contributed by atoms with E-state index < -0.39 is 12.1 Å². The number of imidazole rings is 1. The van der Waals surface area contributed by atoms with Gasteiger partial charge < -0.3 is 14.8 Å². The van der Waals surface area contributed by atoms with E-state index in [4.69, 9.17) is 9.47 Å². The van der Waals surface area contributed by atoms with E-state index in [1.54, 1.807) is 40.8 Å². The molecule has 26 heavy (non-hydrogen) atoms. The summed E-state index contributed by atoms with van der Waals surface area (Å²) < 4.78 is 12.5. The first-order chi connectivity index (χ1) is 12.6. The highest BCUT2D eigenvalue weighted by Crippen LogP contribution is 2.18. The van der Waals surface area contributed by atoms with Crippen molar-refractivity contribution in [2.75, 3.05) is 13.7 Å². The number of nitrogens with one attached hydrogen (secondary N) is 1. The van der Waals surface area contributed by atoms with Gasteiger partial charge in [0.1, 0.15) is 20.8 Å². The lowest BCUT2D eigenvalue weighted by Gasteiger charge is -2.06. The van der Waals surface area contributed by atoms with Gasteiger partial charge in [0.2, 0.25) is 0 Å². The zero-order valence-electron chi connectivity index (χ0n) is 13.9. The molecule has 0 aliphatic carbocycles. The number of hydrogen-bond acceptors (Lipinski definition) is 5. The van der Waals surface area contributed by atoms with Gasteiger partial charge in [0.15, 0.2) is 0 Å². The Morgan fingerprint density at radius 1 is 1.15 bits per heavy atom. The van der Waals surface area contributed by atoms with E-state index in [1.165, 1.54) is 7.11 Å². The van der Waals surface area contributed by atoms with Crippen LogP contribution >= 0.6 is 22.6 Å². The van der Waals surface area contributed by atoms with Crippen molar-refractivity contribution in [2.24, 2.45) is 0 Å². The van der Waals surface area contributed by atoms with Gasteiger partial charge in [-0.15, -0.1) is 0 Å². The third kappa shape index (κ3) is 3.96. The van der Waals surface area contributed by atoms with E-state index >= 15 is 0 Å². The summed E-state index contributed by atoms with van der Waals surface area (Å²) in [6, 6.07) is 14.1. The topological polar surface area (TPSA) is 81.9 Å². The van der Waals surface area contributed by atoms with Gasteiger partial charge in [0, 0.05) is 13.0 Å². The molecule has 0 spiro atoms. The highest BCUT2D eigenvalue weighted by Gasteiger charge is 2.17. The number of para-hydroxylation sites is 1. The van der Waals surface area contributed by atoms with E-state index in [1.807, 2.05) is 12.1 Å². The van der Waals surface area contributed by atoms with Gasteiger partial charge in [-0.1, -0.05) is 24.3 Å². The lowest BCUT2D eigenvalue weighted by molar-refractivity contribution is 0.0592. The van der Waals surface area contributed by atoms with Crippen LogP contribution in [-0.2, 0) is 11.2 Å². The molecule has 0 saturated heterocycles. The second-order valence-electron chi connectivity index (χ2n) is 5.32. The Kier molecular flexibility index (Phi) is 5.71. The maximum atomic E-state index is 11.9. The van der Waals surface area contributed by atoms with E-state index in [0.717, 1.165) is 9.39 Å². The summed E-state index contributed by atoms with van der Waals surface area (Å²) in [6.07, 6.45) is -0.0185. The fraction of sp³-hybridized carbons (Fsp3) is 0.167. The number of hydrogen-bond donors (Lipinski definition) is 1. The second kappa shape index (κ2) is 8.17. The molecule has 0 saturated carbocycles. The molecule has 1 N–H and O–H groups in total. The van der Waals surface area contributed by atoms with E-state index in [9.17, 15) is 9.59 Å². The van der Waals surface area contributed by atoms with E-state index in [0.29, 0.717) is 30.1 Å². The maximum absolute atomic E-state index is 11.9. The van der Waals surface area contributed by atoms with Gasteiger partial charge in [-0.05, 0) is 46.9 Å². The summed E-state index contributed by atoms with van der Waals surface area (Å²) in [6.45, 7) is 0.360. The zero-order valence-corrected chi connectivity index (χ0v) is 16.1. The van der Waals surface area contributed by atoms with Gasteiger partial charge in [-0.25, -0.2) is 14.6 Å². The van der Waals surface area contributed by atoms with E-state index in [2.05, 4.69) is 32.9 Å². The zero-order chi connectivity index (χ0) is 18.5. The molecule has 7 nitrogen and oxygen atoms in total. The van der Waals surface area contributed by atoms with Crippen molar-refractivity contribution in [1.82, 2.24) is 14.7 Å². The normalized spacial score (nSPS) is 10.5. The Morgan fingerprint density at radius 3 is 2.65 bits per heavy atom. The largest absolute Gasteiger partial charge is 0.464 e. The van der Waals surface area contributed by atoms with Crippen molar-refractivity contribution in [3.8, 4) is 5.75 Å². The average molecular weight is 465 g/mol. The summed E-state index contributed by atoms with van der Waals surface area (Å²) >= 11 is 2.13. The van der Waals surface area contributed by atoms with Crippen LogP contribution in [0, 0.1) is 3.70 Å². The fourth-order valence-electron chi connectivity index (χ4n) is 2.44. The van der Waals surface area contributed by atoms with Crippen molar-refractivity contribution in [3.63, 3.8) is 0 Å². The van der Waals surface area contributed by atoms with Crippen LogP contribution in [0.2, 0.25) is 0 Å². The molecule has 3 rings (SSSR count). The SMILES string of the molecule is COC(=O)c1cccc2nc(CCNC(=O)Oc3ccccc3)c(I)n12. The minimum absolute atomic E-state index is 0.360. The van der Waals surface area contributed by atoms with Gasteiger partial charge in [0.05, 0.1) is 12.8 Å². The molecule has 0 unspecified atom stereocenters. The Labute approximate surface area is 163 Å². The lowest BCUT2D eigenvalue weighted by Crippen LogP contribution is -2.28. The first kappa shape index (κ1) is 18.2. The minimum Gasteiger partial charge on any atom is -0.464 e. The number of esters is 1. The Bertz CT molecular complexity index is 940. The molecule has 0 radical (unpaired) electrons. The number of nitrogens with zero attached hydrogens (tertiary/aromatic N) is 2. The molecular weight excluding hydrogens is 449 g/mol. The molecular formula is C18H16IN3O4. The lowest BCUT2D eigenvalue weighted by atomic mass is 10.3. The number of fused-ring (bicyclic) bond motifs is 1. The molecule has 3 aromatic rings. The van der Waals surface area contributed by atoms with Crippen molar-refractivity contribution in [2.45, 2.75) is 6.42 Å². The van der Waals surface area contributed by atoms with Gasteiger partial charge >= 0.3 is 12.1 Å². The molecule has 0 bridgehead atoms. The number of pyridine rings is 1. The average Bonchev–Trinajstić information content (AvgIpc) is 2.98. The third-order valence-corrected chi connectivity index (χ3v) is 4.74. The number of methoxy groups -OCH3 is 1. The van der Waals surface area contributed by atoms with Crippen LogP contribution in [0.3, 0.4) is 0 Å². The molecule has 0 aliphatic rings. The summed E-state index contributed by atoms with van der Waals surface area (Å²) in [7, 11) is 1.34. The Morgan fingerprint density at radius 2 is 1.92 bits per heavy atom. The van der Waals surface area contributed by atoms with Gasteiger partial charge in [-0.3, -0.25) is 4.40 Å². The highest BCUT2D eigenvalue weighted by atomic mass is 127. The monoisotopic (exact) mass is 465 g/mol. The van der Waals surface area contributed by atoms with Crippen molar-refractivity contribution in [3.05, 3.63) is 63.6 Å². The number of benzene rings is 1. The number of amides is 1. The molecule has 8 heteroatoms. The minimum atomic E-state index is -0.523. The van der Waals surface area contributed by atoms with Crippen molar-refractivity contribution in [1.29, 1.82) is 0 Å². The predicted molar refractivity (Wildman–Crippen MR) is 103 cm³/mol. The fourth-order valence-corrected chi connectivity index (χ4v) is 3.34. The van der Waals surface area contributed by atoms with Crippen LogP contribution in [0.4, 0.5) is 4.79 Å². The van der Waals surface area contributed by atoms with E-state index in [-0.39, 0.29) is 0 Å². The number of ether oxygens (including phenoxy) is 2. The Balaban J connectivity index is 1.67. The van der Waals surface area contributed by atoms with Gasteiger partial charge in [-0.2, -0.15) is 0 Å². The molecule has 134 valence electrons. The number of carbonyl (C=O) groups is 2. The van der Waals surface area contributed by atoms with Crippen LogP contribution in [0.5, 0.6) is 5.75 Å². The Hall–Kier alpha value is -2.62. The summed E-state index contributed by atoms with van der Waals surface area (Å²) in [5, 5.41) is 2.69. The van der Waals surface area contributed by atoms with Crippen LogP contribution in [0.1, 0.15) is 16.2 Å². The summed E-state index contributed by atoms with van der Waals surface area (Å²) in [5.41, 5.74) is 1.84. The first-order valence-electron chi connectivity index (χ1n) is 7.85. The number of rotatable bonds is 5. The van der Waals surface area contributed by atoms with Crippen LogP contribution in [0.25, 0.3) is 5.65 Å². The molecule has 2 aromatic heterocycles. The quantitative estimate of drug-likeness (QED) is 0.463. The number of carbonyl (C=O) groups excluding carboxylic acids is 2. The smallest absolute Gasteiger partial charge is 0.412 e. The highest BCUT2D eigenvalue weighted by molar-refractivity contribution is 14.1. The summed E-state index contributed by atoms with van der Waals surface area (Å²) in [4.78, 5) is 28.3. The second-order valence-corrected chi connectivity index (χ2v) is 6.35. The molecule has 0 atom stereocenters. The molecule has 1 aromatic carbocycles. The standard InChI is InChI=1S/C18H16IN3O4/c1-25-17(23)14-8-5-9-15-21-13(16(19)22(14)15)10-11-20-18(24)26-12-6-3-2-4-7-12/h2-9H,10-11H2,1H3,(H,20,24). The van der Waals surface area contributed by atoms with Crippen molar-refractivity contribution >= 4 is 40.3 Å². The molecule has 0 aliphatic heterocycles.